The molecule has 0 aromatic carbocycles. The molecule has 0 atom stereocenters. The Balaban J connectivity index is 1.48. The van der Waals surface area contributed by atoms with Crippen LogP contribution >= 0.6 is 0 Å². The molecule has 0 bridgehead atoms. The second kappa shape index (κ2) is 6.94. The summed E-state index contributed by atoms with van der Waals surface area (Å²) in [7, 11) is 1.82. The molecular weight excluding hydrogens is 342 g/mol. The van der Waals surface area contributed by atoms with Crippen LogP contribution < -0.4 is 0 Å². The Morgan fingerprint density at radius 2 is 2.00 bits per heavy atom. The first-order valence-electron chi connectivity index (χ1n) is 9.16. The highest BCUT2D eigenvalue weighted by Gasteiger charge is 2.27. The summed E-state index contributed by atoms with van der Waals surface area (Å²) in [4.78, 5) is 31.4. The van der Waals surface area contributed by atoms with E-state index in [9.17, 15) is 4.79 Å². The van der Waals surface area contributed by atoms with Gasteiger partial charge in [0.05, 0.1) is 0 Å². The minimum absolute atomic E-state index is 0.00837. The van der Waals surface area contributed by atoms with Gasteiger partial charge in [0.25, 0.3) is 5.91 Å². The Hall–Kier alpha value is -3.03. The van der Waals surface area contributed by atoms with Crippen molar-refractivity contribution >= 4 is 5.91 Å². The fourth-order valence-corrected chi connectivity index (χ4v) is 3.47. The van der Waals surface area contributed by atoms with Crippen molar-refractivity contribution in [2.75, 3.05) is 13.1 Å². The Morgan fingerprint density at radius 3 is 2.63 bits per heavy atom. The molecule has 4 heterocycles. The van der Waals surface area contributed by atoms with Crippen molar-refractivity contribution in [3.05, 3.63) is 47.4 Å². The van der Waals surface area contributed by atoms with Gasteiger partial charge in [-0.25, -0.2) is 15.0 Å². The highest BCUT2D eigenvalue weighted by molar-refractivity contribution is 5.92. The molecule has 1 N–H and O–H groups in total. The van der Waals surface area contributed by atoms with Gasteiger partial charge in [-0.1, -0.05) is 0 Å². The number of aromatic amines is 1. The van der Waals surface area contributed by atoms with E-state index in [2.05, 4.69) is 20.1 Å². The molecule has 1 saturated heterocycles. The van der Waals surface area contributed by atoms with Gasteiger partial charge in [0.2, 0.25) is 0 Å². The van der Waals surface area contributed by atoms with E-state index in [-0.39, 0.29) is 11.8 Å². The minimum atomic E-state index is -0.00837. The number of aromatic nitrogens is 6. The quantitative estimate of drug-likeness (QED) is 0.768. The van der Waals surface area contributed by atoms with Crippen molar-refractivity contribution < 1.29 is 4.79 Å². The number of H-pyrrole nitrogens is 1. The molecule has 1 aliphatic heterocycles. The third-order valence-corrected chi connectivity index (χ3v) is 4.90. The Labute approximate surface area is 157 Å². The first kappa shape index (κ1) is 17.4. The molecule has 8 heteroatoms. The van der Waals surface area contributed by atoms with Crippen LogP contribution in [-0.4, -0.2) is 53.6 Å². The van der Waals surface area contributed by atoms with Crippen molar-refractivity contribution in [2.24, 2.45) is 7.05 Å². The van der Waals surface area contributed by atoms with E-state index in [1.807, 2.05) is 31.9 Å². The maximum Gasteiger partial charge on any atom is 0.274 e. The van der Waals surface area contributed by atoms with E-state index in [1.54, 1.807) is 23.1 Å². The Morgan fingerprint density at radius 1 is 1.22 bits per heavy atom. The molecule has 4 rings (SSSR count). The SMILES string of the molecule is Cc1cc(-c2ncc(C)[nH]2)nc(C2CCN(C(=O)c3ccn(C)n3)CC2)n1. The van der Waals surface area contributed by atoms with Gasteiger partial charge in [-0.15, -0.1) is 0 Å². The number of hydrogen-bond donors (Lipinski definition) is 1. The lowest BCUT2D eigenvalue weighted by atomic mass is 9.95. The third kappa shape index (κ3) is 3.60. The number of nitrogens with zero attached hydrogens (tertiary/aromatic N) is 6. The first-order chi connectivity index (χ1) is 13.0. The lowest BCUT2D eigenvalue weighted by molar-refractivity contribution is 0.0704. The molecule has 0 spiro atoms. The number of carbonyl (C=O) groups is 1. The number of nitrogens with one attached hydrogen (secondary N) is 1. The summed E-state index contributed by atoms with van der Waals surface area (Å²) in [6, 6.07) is 3.71. The molecule has 8 nitrogen and oxygen atoms in total. The van der Waals surface area contributed by atoms with Crippen molar-refractivity contribution in [3.63, 3.8) is 0 Å². The molecule has 1 amide bonds. The van der Waals surface area contributed by atoms with Gasteiger partial charge in [-0.2, -0.15) is 5.10 Å². The third-order valence-electron chi connectivity index (χ3n) is 4.90. The molecule has 3 aromatic rings. The topological polar surface area (TPSA) is 92.6 Å². The summed E-state index contributed by atoms with van der Waals surface area (Å²) in [6.07, 6.45) is 5.28. The average molecular weight is 365 g/mol. The molecule has 140 valence electrons. The monoisotopic (exact) mass is 365 g/mol. The van der Waals surface area contributed by atoms with E-state index in [1.165, 1.54) is 0 Å². The molecule has 0 unspecified atom stereocenters. The Kier molecular flexibility index (Phi) is 4.47. The summed E-state index contributed by atoms with van der Waals surface area (Å²) in [5.41, 5.74) is 3.25. The van der Waals surface area contributed by atoms with Gasteiger partial charge < -0.3 is 9.88 Å². The number of hydrogen-bond acceptors (Lipinski definition) is 5. The maximum absolute atomic E-state index is 12.6. The molecule has 1 aliphatic rings. The molecule has 3 aromatic heterocycles. The normalized spacial score (nSPS) is 15.3. The summed E-state index contributed by atoms with van der Waals surface area (Å²) in [5, 5.41) is 4.21. The minimum Gasteiger partial charge on any atom is -0.341 e. The first-order valence-corrected chi connectivity index (χ1v) is 9.16. The lowest BCUT2D eigenvalue weighted by Crippen LogP contribution is -2.38. The molecule has 0 radical (unpaired) electrons. The van der Waals surface area contributed by atoms with Crippen LogP contribution in [0.2, 0.25) is 0 Å². The van der Waals surface area contributed by atoms with E-state index in [4.69, 9.17) is 4.98 Å². The van der Waals surface area contributed by atoms with Gasteiger partial charge in [0.1, 0.15) is 17.2 Å². The van der Waals surface area contributed by atoms with Crippen molar-refractivity contribution in [3.8, 4) is 11.5 Å². The van der Waals surface area contributed by atoms with Crippen LogP contribution in [0.3, 0.4) is 0 Å². The highest BCUT2D eigenvalue weighted by atomic mass is 16.2. The van der Waals surface area contributed by atoms with Crippen molar-refractivity contribution in [1.82, 2.24) is 34.6 Å². The number of likely N-dealkylation sites (tertiary alicyclic amines) is 1. The van der Waals surface area contributed by atoms with Crippen LogP contribution in [0.5, 0.6) is 0 Å². The zero-order chi connectivity index (χ0) is 19.0. The average Bonchev–Trinajstić information content (AvgIpc) is 3.29. The number of carbonyl (C=O) groups excluding carboxylic acids is 1. The van der Waals surface area contributed by atoms with Crippen molar-refractivity contribution in [2.45, 2.75) is 32.6 Å². The van der Waals surface area contributed by atoms with Gasteiger partial charge in [0, 0.05) is 49.8 Å². The molecule has 0 aliphatic carbocycles. The number of rotatable bonds is 3. The number of piperidine rings is 1. The summed E-state index contributed by atoms with van der Waals surface area (Å²) >= 11 is 0. The van der Waals surface area contributed by atoms with E-state index in [0.29, 0.717) is 18.8 Å². The molecular formula is C19H23N7O. The van der Waals surface area contributed by atoms with E-state index in [0.717, 1.165) is 41.6 Å². The summed E-state index contributed by atoms with van der Waals surface area (Å²) in [5.74, 6) is 1.84. The number of aryl methyl sites for hydroxylation is 3. The van der Waals surface area contributed by atoms with Crippen LogP contribution in [0.1, 0.15) is 46.5 Å². The fraction of sp³-hybridized carbons (Fsp3) is 0.421. The largest absolute Gasteiger partial charge is 0.341 e. The van der Waals surface area contributed by atoms with E-state index >= 15 is 0 Å². The van der Waals surface area contributed by atoms with Gasteiger partial charge in [-0.05, 0) is 38.8 Å². The number of imidazole rings is 1. The van der Waals surface area contributed by atoms with Crippen LogP contribution in [-0.2, 0) is 7.05 Å². The lowest BCUT2D eigenvalue weighted by Gasteiger charge is -2.31. The van der Waals surface area contributed by atoms with Gasteiger partial charge in [-0.3, -0.25) is 9.48 Å². The van der Waals surface area contributed by atoms with Crippen LogP contribution in [0.4, 0.5) is 0 Å². The molecule has 27 heavy (non-hydrogen) atoms. The van der Waals surface area contributed by atoms with Crippen LogP contribution in [0.25, 0.3) is 11.5 Å². The smallest absolute Gasteiger partial charge is 0.274 e. The van der Waals surface area contributed by atoms with Gasteiger partial charge >= 0.3 is 0 Å². The Bertz CT molecular complexity index is 966. The molecule has 1 fully saturated rings. The zero-order valence-corrected chi connectivity index (χ0v) is 15.8. The summed E-state index contributed by atoms with van der Waals surface area (Å²) < 4.78 is 1.65. The van der Waals surface area contributed by atoms with Crippen LogP contribution in [0, 0.1) is 13.8 Å². The zero-order valence-electron chi connectivity index (χ0n) is 15.8. The summed E-state index contributed by atoms with van der Waals surface area (Å²) in [6.45, 7) is 5.32. The second-order valence-electron chi connectivity index (χ2n) is 7.11. The fourth-order valence-electron chi connectivity index (χ4n) is 3.47. The molecule has 0 saturated carbocycles. The van der Waals surface area contributed by atoms with Gasteiger partial charge in [0.15, 0.2) is 5.82 Å². The predicted octanol–water partition coefficient (Wildman–Crippen LogP) is 2.24. The maximum atomic E-state index is 12.6. The highest BCUT2D eigenvalue weighted by Crippen LogP contribution is 2.28. The number of amides is 1. The van der Waals surface area contributed by atoms with E-state index < -0.39 is 0 Å². The predicted molar refractivity (Wildman–Crippen MR) is 100 cm³/mol. The van der Waals surface area contributed by atoms with Crippen LogP contribution in [0.15, 0.2) is 24.5 Å². The second-order valence-corrected chi connectivity index (χ2v) is 7.11. The van der Waals surface area contributed by atoms with Crippen molar-refractivity contribution in [1.29, 1.82) is 0 Å². The standard InChI is InChI=1S/C19H23N7O/c1-12-10-16(18-20-11-13(2)22-18)23-17(21-12)14-4-8-26(9-5-14)19(27)15-6-7-25(3)24-15/h6-7,10-11,14H,4-5,8-9H2,1-3H3,(H,20,22).